The summed E-state index contributed by atoms with van der Waals surface area (Å²) in [6.45, 7) is 3.57. The second-order valence-corrected chi connectivity index (χ2v) is 7.74. The molecule has 2 heterocycles. The van der Waals surface area contributed by atoms with E-state index < -0.39 is 16.7 Å². The van der Waals surface area contributed by atoms with Crippen molar-refractivity contribution in [3.05, 3.63) is 54.9 Å². The number of aliphatic hydroxyl groups is 1. The van der Waals surface area contributed by atoms with Crippen LogP contribution in [0.4, 0.5) is 22.2 Å². The molecule has 10 nitrogen and oxygen atoms in total. The second kappa shape index (κ2) is 11.2. The van der Waals surface area contributed by atoms with Crippen LogP contribution in [0, 0.1) is 0 Å². The summed E-state index contributed by atoms with van der Waals surface area (Å²) in [6.07, 6.45) is 2.46. The first-order valence-electron chi connectivity index (χ1n) is 9.83. The maximum Gasteiger partial charge on any atom is 0.410 e. The van der Waals surface area contributed by atoms with Gasteiger partial charge in [-0.2, -0.15) is 4.98 Å². The average Bonchev–Trinajstić information content (AvgIpc) is 2.80. The van der Waals surface area contributed by atoms with Gasteiger partial charge < -0.3 is 24.7 Å². The molecule has 0 unspecified atom stereocenters. The van der Waals surface area contributed by atoms with Gasteiger partial charge in [0.25, 0.3) is 0 Å². The summed E-state index contributed by atoms with van der Waals surface area (Å²) in [6, 6.07) is 11.8. The van der Waals surface area contributed by atoms with Crippen LogP contribution in [-0.4, -0.2) is 45.4 Å². The average molecular weight is 456 g/mol. The van der Waals surface area contributed by atoms with Crippen molar-refractivity contribution in [2.45, 2.75) is 24.8 Å². The van der Waals surface area contributed by atoms with E-state index in [1.807, 2.05) is 25.1 Å². The van der Waals surface area contributed by atoms with Crippen LogP contribution in [0.2, 0.25) is 0 Å². The number of carbonyl (C=O) groups is 1. The molecule has 2 aromatic heterocycles. The highest BCUT2D eigenvalue weighted by Crippen LogP contribution is 2.26. The maximum absolute atomic E-state index is 12.1. The third-order valence-electron chi connectivity index (χ3n) is 4.12. The molecule has 0 saturated heterocycles. The lowest BCUT2D eigenvalue weighted by Gasteiger charge is -2.16. The van der Waals surface area contributed by atoms with E-state index in [-0.39, 0.29) is 19.3 Å². The fraction of sp³-hybridized carbons (Fsp3) is 0.238. The van der Waals surface area contributed by atoms with Gasteiger partial charge in [0, 0.05) is 24.1 Å². The molecule has 0 aliphatic heterocycles. The van der Waals surface area contributed by atoms with Gasteiger partial charge in [0.2, 0.25) is 5.95 Å². The highest BCUT2D eigenvalue weighted by Gasteiger charge is 2.13. The van der Waals surface area contributed by atoms with Gasteiger partial charge in [0.15, 0.2) is 0 Å². The standard InChI is InChI=1S/C21H23N6O4S/c1-3-31-21(29)27-32(30)16-9-7-15(8-10-16)25-20-23-12-17(18-6-4-5-11-22-18)19(26-20)24-14(2)13-28/h4-12,14,28H,3,13H2,1-2H3,(H2,23,24,25,26)/q-1/t14-/m1/s1. The number of aliphatic hydroxyl groups excluding tert-OH is 1. The van der Waals surface area contributed by atoms with E-state index in [0.717, 1.165) is 0 Å². The Morgan fingerprint density at radius 3 is 2.66 bits per heavy atom. The van der Waals surface area contributed by atoms with Crippen LogP contribution in [0.25, 0.3) is 11.3 Å². The number of carbonyl (C=O) groups excluding carboxylic acids is 1. The number of nitrogens with zero attached hydrogens (tertiary/aromatic N) is 4. The van der Waals surface area contributed by atoms with E-state index in [9.17, 15) is 14.1 Å². The molecule has 3 aromatic rings. The predicted octanol–water partition coefficient (Wildman–Crippen LogP) is 3.74. The fourth-order valence-electron chi connectivity index (χ4n) is 2.59. The number of amides is 1. The summed E-state index contributed by atoms with van der Waals surface area (Å²) in [4.78, 5) is 24.9. The number of hydrogen-bond acceptors (Lipinski definition) is 10. The highest BCUT2D eigenvalue weighted by atomic mass is 32.2. The van der Waals surface area contributed by atoms with E-state index in [4.69, 9.17) is 0 Å². The molecule has 0 radical (unpaired) electrons. The molecule has 1 atom stereocenters. The number of pyridine rings is 1. The lowest BCUT2D eigenvalue weighted by molar-refractivity contribution is 0.164. The van der Waals surface area contributed by atoms with E-state index in [1.54, 1.807) is 43.6 Å². The smallest absolute Gasteiger partial charge is 0.410 e. The second-order valence-electron chi connectivity index (χ2n) is 6.59. The Morgan fingerprint density at radius 2 is 2.00 bits per heavy atom. The minimum absolute atomic E-state index is 0.0656. The SMILES string of the molecule is CCOC(=O)N=[S-](=O)c1ccc(Nc2ncc(-c3ccccn3)c(N[C@H](C)CO)n2)cc1. The normalized spacial score (nSPS) is 12.7. The lowest BCUT2D eigenvalue weighted by atomic mass is 10.2. The van der Waals surface area contributed by atoms with Crippen LogP contribution in [0.1, 0.15) is 13.8 Å². The van der Waals surface area contributed by atoms with Gasteiger partial charge in [-0.3, -0.25) is 9.35 Å². The van der Waals surface area contributed by atoms with Crippen LogP contribution in [0.5, 0.6) is 0 Å². The number of aromatic nitrogens is 3. The molecule has 32 heavy (non-hydrogen) atoms. The third kappa shape index (κ3) is 6.22. The Kier molecular flexibility index (Phi) is 8.06. The molecule has 3 rings (SSSR count). The molecular weight excluding hydrogens is 432 g/mol. The van der Waals surface area contributed by atoms with Gasteiger partial charge in [0.05, 0.1) is 24.5 Å². The van der Waals surface area contributed by atoms with E-state index >= 15 is 0 Å². The molecule has 0 aliphatic rings. The number of anilines is 3. The molecule has 0 spiro atoms. The Bertz CT molecular complexity index is 1130. The summed E-state index contributed by atoms with van der Waals surface area (Å²) in [7, 11) is -1.85. The van der Waals surface area contributed by atoms with Crippen molar-refractivity contribution < 1.29 is 18.8 Å². The first-order valence-corrected chi connectivity index (χ1v) is 10.9. The first kappa shape index (κ1) is 23.1. The molecule has 168 valence electrons. The number of hydrogen-bond donors (Lipinski definition) is 3. The quantitative estimate of drug-likeness (QED) is 0.433. The van der Waals surface area contributed by atoms with E-state index in [2.05, 4.69) is 34.7 Å². The molecule has 0 aliphatic carbocycles. The van der Waals surface area contributed by atoms with E-state index in [1.165, 1.54) is 0 Å². The number of ether oxygens (including phenoxy) is 1. The Balaban J connectivity index is 1.82. The van der Waals surface area contributed by atoms with Crippen molar-refractivity contribution in [3.8, 4) is 11.3 Å². The number of nitrogens with one attached hydrogen (secondary N) is 2. The van der Waals surface area contributed by atoms with Crippen LogP contribution in [0.15, 0.2) is 64.1 Å². The van der Waals surface area contributed by atoms with Crippen LogP contribution in [-0.2, 0) is 19.5 Å². The number of rotatable bonds is 8. The predicted molar refractivity (Wildman–Crippen MR) is 121 cm³/mol. The Morgan fingerprint density at radius 1 is 1.22 bits per heavy atom. The molecule has 1 aromatic carbocycles. The highest BCUT2D eigenvalue weighted by molar-refractivity contribution is 7.75. The van der Waals surface area contributed by atoms with E-state index in [0.29, 0.717) is 33.6 Å². The fourth-order valence-corrected chi connectivity index (χ4v) is 3.26. The Labute approximate surface area is 187 Å². The zero-order valence-electron chi connectivity index (χ0n) is 17.6. The lowest BCUT2D eigenvalue weighted by Crippen LogP contribution is -2.21. The van der Waals surface area contributed by atoms with Crippen molar-refractivity contribution in [1.82, 2.24) is 15.0 Å². The van der Waals surface area contributed by atoms with Gasteiger partial charge in [0.1, 0.15) is 5.82 Å². The van der Waals surface area contributed by atoms with Gasteiger partial charge in [-0.25, -0.2) is 9.78 Å². The van der Waals surface area contributed by atoms with Crippen LogP contribution >= 0.6 is 0 Å². The summed E-state index contributed by atoms with van der Waals surface area (Å²) in [5, 5.41) is 15.7. The summed E-state index contributed by atoms with van der Waals surface area (Å²) < 4.78 is 20.3. The molecule has 3 N–H and O–H groups in total. The monoisotopic (exact) mass is 455 g/mol. The third-order valence-corrected chi connectivity index (χ3v) is 5.11. The minimum atomic E-state index is -1.85. The van der Waals surface area contributed by atoms with Gasteiger partial charge in [-0.05, 0) is 38.1 Å². The summed E-state index contributed by atoms with van der Waals surface area (Å²) in [5.74, 6) is 0.844. The molecule has 11 heteroatoms. The van der Waals surface area contributed by atoms with Crippen molar-refractivity contribution in [3.63, 3.8) is 0 Å². The van der Waals surface area contributed by atoms with Crippen molar-refractivity contribution >= 4 is 34.1 Å². The van der Waals surface area contributed by atoms with Gasteiger partial charge >= 0.3 is 6.09 Å². The zero-order chi connectivity index (χ0) is 22.9. The minimum Gasteiger partial charge on any atom is -0.450 e. The first-order chi connectivity index (χ1) is 15.5. The zero-order valence-corrected chi connectivity index (χ0v) is 18.4. The van der Waals surface area contributed by atoms with Crippen molar-refractivity contribution in [2.24, 2.45) is 4.36 Å². The molecular formula is C21H23N6O4S-. The van der Waals surface area contributed by atoms with Crippen molar-refractivity contribution in [2.75, 3.05) is 23.8 Å². The topological polar surface area (TPSA) is 139 Å². The summed E-state index contributed by atoms with van der Waals surface area (Å²) >= 11 is 0. The van der Waals surface area contributed by atoms with Crippen LogP contribution in [0.3, 0.4) is 0 Å². The molecule has 0 fully saturated rings. The molecule has 0 bridgehead atoms. The van der Waals surface area contributed by atoms with Crippen molar-refractivity contribution in [1.29, 1.82) is 0 Å². The maximum atomic E-state index is 12.1. The summed E-state index contributed by atoms with van der Waals surface area (Å²) in [5.41, 5.74) is 2.04. The van der Waals surface area contributed by atoms with Gasteiger partial charge in [-0.1, -0.05) is 23.1 Å². The van der Waals surface area contributed by atoms with Gasteiger partial charge in [-0.15, -0.1) is 10.6 Å². The molecule has 0 saturated carbocycles. The number of benzene rings is 1. The Hall–Kier alpha value is -3.57. The van der Waals surface area contributed by atoms with Crippen LogP contribution < -0.4 is 10.6 Å². The largest absolute Gasteiger partial charge is 0.450 e. The molecule has 1 amide bonds.